The number of hydrogen-bond donors (Lipinski definition) is 0. The first kappa shape index (κ1) is 30.6. The van der Waals surface area contributed by atoms with Gasteiger partial charge in [-0.05, 0) is 144 Å². The van der Waals surface area contributed by atoms with E-state index in [1.165, 1.54) is 98.9 Å². The van der Waals surface area contributed by atoms with Crippen LogP contribution >= 0.6 is 0 Å². The highest BCUT2D eigenvalue weighted by Crippen LogP contribution is 2.71. The van der Waals surface area contributed by atoms with Crippen molar-refractivity contribution in [3.8, 4) is 27.9 Å². The van der Waals surface area contributed by atoms with Crippen molar-refractivity contribution in [2.45, 2.75) is 37.5 Å². The lowest BCUT2D eigenvalue weighted by molar-refractivity contribution is -0.0397. The van der Waals surface area contributed by atoms with Crippen LogP contribution in [0, 0.1) is 23.7 Å². The maximum Gasteiger partial charge on any atom is 0.0541 e. The molecule has 13 rings (SSSR count). The largest absolute Gasteiger partial charge is 0.310 e. The first-order chi connectivity index (χ1) is 26.8. The molecular weight excluding hydrogens is 653 g/mol. The molecule has 5 aliphatic carbocycles. The van der Waals surface area contributed by atoms with E-state index in [0.29, 0.717) is 11.8 Å². The summed E-state index contributed by atoms with van der Waals surface area (Å²) in [5, 5.41) is 2.58. The molecule has 2 nitrogen and oxygen atoms in total. The van der Waals surface area contributed by atoms with Gasteiger partial charge in [0.1, 0.15) is 0 Å². The minimum absolute atomic E-state index is 0.0566. The minimum Gasteiger partial charge on any atom is -0.310 e. The van der Waals surface area contributed by atoms with E-state index in [9.17, 15) is 0 Å². The number of benzene rings is 7. The third kappa shape index (κ3) is 4.23. The van der Waals surface area contributed by atoms with Gasteiger partial charge in [-0.3, -0.25) is 0 Å². The second kappa shape index (κ2) is 11.6. The molecule has 1 heterocycles. The monoisotopic (exact) mass is 694 g/mol. The quantitative estimate of drug-likeness (QED) is 0.174. The summed E-state index contributed by atoms with van der Waals surface area (Å²) in [7, 11) is 0. The van der Waals surface area contributed by atoms with Crippen molar-refractivity contribution in [3.63, 3.8) is 0 Å². The number of aromatic nitrogens is 1. The zero-order valence-electron chi connectivity index (χ0n) is 30.4. The SMILES string of the molecule is c1ccc(-c2ccc(N(c3ccc(-n4c5ccccc5c5ccccc54)cc3)c3cccc4c3C3(c5ccccc5-4)C4CC5CC(C4)CC3C5)cc2)cc1. The smallest absolute Gasteiger partial charge is 0.0541 e. The molecule has 0 saturated heterocycles. The fraction of sp³-hybridized carbons (Fsp3) is 0.192. The number of rotatable bonds is 5. The fourth-order valence-electron chi connectivity index (χ4n) is 12.2. The van der Waals surface area contributed by atoms with Gasteiger partial charge in [0.2, 0.25) is 0 Å². The van der Waals surface area contributed by atoms with Crippen molar-refractivity contribution in [1.82, 2.24) is 4.57 Å². The van der Waals surface area contributed by atoms with Crippen LogP contribution in [0.25, 0.3) is 49.7 Å². The normalized spacial score (nSPS) is 23.3. The minimum atomic E-state index is 0.0566. The molecule has 0 N–H and O–H groups in total. The fourth-order valence-corrected chi connectivity index (χ4v) is 12.2. The van der Waals surface area contributed by atoms with E-state index < -0.39 is 0 Å². The molecule has 0 radical (unpaired) electrons. The molecule has 0 amide bonds. The third-order valence-corrected chi connectivity index (χ3v) is 14.0. The van der Waals surface area contributed by atoms with Crippen molar-refractivity contribution in [2.24, 2.45) is 23.7 Å². The average Bonchev–Trinajstić information content (AvgIpc) is 3.72. The van der Waals surface area contributed by atoms with Crippen molar-refractivity contribution in [1.29, 1.82) is 0 Å². The first-order valence-electron chi connectivity index (χ1n) is 20.0. The van der Waals surface area contributed by atoms with Crippen LogP contribution in [0.5, 0.6) is 0 Å². The van der Waals surface area contributed by atoms with E-state index in [-0.39, 0.29) is 5.41 Å². The van der Waals surface area contributed by atoms with Gasteiger partial charge in [-0.25, -0.2) is 0 Å². The van der Waals surface area contributed by atoms with Crippen LogP contribution < -0.4 is 4.90 Å². The van der Waals surface area contributed by atoms with Crippen LogP contribution in [0.2, 0.25) is 0 Å². The maximum absolute atomic E-state index is 2.59. The summed E-state index contributed by atoms with van der Waals surface area (Å²) in [4.78, 5) is 2.59. The molecule has 0 aliphatic heterocycles. The average molecular weight is 695 g/mol. The molecule has 4 fully saturated rings. The summed E-state index contributed by atoms with van der Waals surface area (Å²) >= 11 is 0. The lowest BCUT2D eigenvalue weighted by atomic mass is 9.43. The van der Waals surface area contributed by atoms with Gasteiger partial charge in [0, 0.05) is 33.2 Å². The number of hydrogen-bond acceptors (Lipinski definition) is 1. The lowest BCUT2D eigenvalue weighted by Gasteiger charge is -2.61. The summed E-state index contributed by atoms with van der Waals surface area (Å²) in [6, 6.07) is 63.7. The van der Waals surface area contributed by atoms with Crippen LogP contribution in [0.15, 0.2) is 170 Å². The second-order valence-electron chi connectivity index (χ2n) is 16.6. The van der Waals surface area contributed by atoms with Gasteiger partial charge in [-0.1, -0.05) is 115 Å². The van der Waals surface area contributed by atoms with E-state index in [1.807, 2.05) is 0 Å². The summed E-state index contributed by atoms with van der Waals surface area (Å²) < 4.78 is 2.42. The summed E-state index contributed by atoms with van der Waals surface area (Å²) in [5.41, 5.74) is 16.0. The molecule has 4 bridgehead atoms. The predicted octanol–water partition coefficient (Wildman–Crippen LogP) is 13.6. The van der Waals surface area contributed by atoms with Gasteiger partial charge in [0.15, 0.2) is 0 Å². The number of para-hydroxylation sites is 2. The summed E-state index contributed by atoms with van der Waals surface area (Å²) in [6.07, 6.45) is 6.93. The van der Waals surface area contributed by atoms with Crippen molar-refractivity contribution in [2.75, 3.05) is 4.90 Å². The molecule has 1 spiro atoms. The Morgan fingerprint density at radius 1 is 0.444 bits per heavy atom. The molecule has 5 aliphatic rings. The Balaban J connectivity index is 1.07. The third-order valence-electron chi connectivity index (χ3n) is 14.0. The van der Waals surface area contributed by atoms with Gasteiger partial charge in [0.05, 0.1) is 16.7 Å². The van der Waals surface area contributed by atoms with E-state index in [0.717, 1.165) is 11.8 Å². The van der Waals surface area contributed by atoms with Crippen molar-refractivity contribution in [3.05, 3.63) is 181 Å². The number of anilines is 3. The molecule has 1 aromatic heterocycles. The van der Waals surface area contributed by atoms with Crippen LogP contribution in [-0.4, -0.2) is 4.57 Å². The highest BCUT2D eigenvalue weighted by molar-refractivity contribution is 6.09. The molecule has 7 aromatic carbocycles. The Morgan fingerprint density at radius 2 is 0.981 bits per heavy atom. The van der Waals surface area contributed by atoms with Gasteiger partial charge in [-0.2, -0.15) is 0 Å². The highest BCUT2D eigenvalue weighted by atomic mass is 15.1. The lowest BCUT2D eigenvalue weighted by Crippen LogP contribution is -2.55. The van der Waals surface area contributed by atoms with Gasteiger partial charge < -0.3 is 9.47 Å². The molecule has 4 saturated carbocycles. The number of nitrogens with zero attached hydrogens (tertiary/aromatic N) is 2. The zero-order valence-corrected chi connectivity index (χ0v) is 30.4. The molecule has 0 unspecified atom stereocenters. The Morgan fingerprint density at radius 3 is 1.65 bits per heavy atom. The molecular formula is C52H42N2. The number of fused-ring (bicyclic) bond motifs is 6. The van der Waals surface area contributed by atoms with E-state index >= 15 is 0 Å². The molecule has 260 valence electrons. The Labute approximate surface area is 317 Å². The molecule has 2 heteroatoms. The van der Waals surface area contributed by atoms with Crippen molar-refractivity contribution >= 4 is 38.9 Å². The van der Waals surface area contributed by atoms with Gasteiger partial charge in [0.25, 0.3) is 0 Å². The van der Waals surface area contributed by atoms with Crippen LogP contribution in [0.4, 0.5) is 17.1 Å². The Hall–Kier alpha value is -5.86. The van der Waals surface area contributed by atoms with Crippen LogP contribution in [0.3, 0.4) is 0 Å². The summed E-state index contributed by atoms with van der Waals surface area (Å²) in [5.74, 6) is 3.18. The summed E-state index contributed by atoms with van der Waals surface area (Å²) in [6.45, 7) is 0. The standard InChI is InChI=1S/C52H42N2/c1-2-11-36(12-3-1)37-21-23-40(24-22-37)53(41-25-27-42(28-26-41)54-48-18-8-5-14-44(48)45-15-6-9-19-49(45)54)50-20-10-16-46-43-13-4-7-17-47(43)52(51(46)50)38-30-34-29-35(32-38)33-39(52)31-34/h1-28,34-35,38-39H,29-33H2. The predicted molar refractivity (Wildman–Crippen MR) is 224 cm³/mol. The van der Waals surface area contributed by atoms with E-state index in [1.54, 1.807) is 11.1 Å². The highest BCUT2D eigenvalue weighted by Gasteiger charge is 2.62. The first-order valence-corrected chi connectivity index (χ1v) is 20.0. The van der Waals surface area contributed by atoms with Crippen LogP contribution in [0.1, 0.15) is 43.2 Å². The maximum atomic E-state index is 2.59. The molecule has 0 atom stereocenters. The van der Waals surface area contributed by atoms with E-state index in [4.69, 9.17) is 0 Å². The van der Waals surface area contributed by atoms with Gasteiger partial charge >= 0.3 is 0 Å². The van der Waals surface area contributed by atoms with Crippen molar-refractivity contribution < 1.29 is 0 Å². The van der Waals surface area contributed by atoms with Gasteiger partial charge in [-0.15, -0.1) is 0 Å². The Kier molecular flexibility index (Phi) is 6.55. The molecule has 54 heavy (non-hydrogen) atoms. The Bertz CT molecular complexity index is 2640. The zero-order chi connectivity index (χ0) is 35.4. The van der Waals surface area contributed by atoms with Crippen LogP contribution in [-0.2, 0) is 5.41 Å². The second-order valence-corrected chi connectivity index (χ2v) is 16.6. The topological polar surface area (TPSA) is 8.17 Å². The van der Waals surface area contributed by atoms with E-state index in [2.05, 4.69) is 179 Å². The molecule has 8 aromatic rings.